The second-order valence-corrected chi connectivity index (χ2v) is 6.61. The standard InChI is InChI=1S/C18H11ClF3NOS/c19-13-9-15(22)14(21)8-12(13)18(24)23-17(16-2-1-7-25-16)10-3-5-11(20)6-4-10/h1-9,17H,(H,23,24)/t17-/m0/s1. The molecule has 0 unspecified atom stereocenters. The largest absolute Gasteiger partial charge is 0.340 e. The molecule has 1 aromatic heterocycles. The molecule has 1 N–H and O–H groups in total. The Kier molecular flexibility index (Phi) is 5.11. The van der Waals surface area contributed by atoms with Gasteiger partial charge >= 0.3 is 0 Å². The average molecular weight is 382 g/mol. The third-order valence-corrected chi connectivity index (χ3v) is 4.81. The number of thiophene rings is 1. The Morgan fingerprint density at radius 1 is 1.04 bits per heavy atom. The Balaban J connectivity index is 1.94. The van der Waals surface area contributed by atoms with Gasteiger partial charge in [-0.2, -0.15) is 0 Å². The van der Waals surface area contributed by atoms with E-state index in [1.165, 1.54) is 23.5 Å². The van der Waals surface area contributed by atoms with E-state index in [0.29, 0.717) is 5.56 Å². The normalized spacial score (nSPS) is 12.0. The summed E-state index contributed by atoms with van der Waals surface area (Å²) in [5.41, 5.74) is 0.472. The van der Waals surface area contributed by atoms with Crippen LogP contribution in [0.2, 0.25) is 5.02 Å². The minimum absolute atomic E-state index is 0.177. The average Bonchev–Trinajstić information content (AvgIpc) is 3.11. The lowest BCUT2D eigenvalue weighted by Crippen LogP contribution is -2.29. The van der Waals surface area contributed by atoms with E-state index in [4.69, 9.17) is 11.6 Å². The van der Waals surface area contributed by atoms with Gasteiger partial charge in [0, 0.05) is 4.88 Å². The first-order valence-corrected chi connectivity index (χ1v) is 8.45. The molecule has 1 atom stereocenters. The molecule has 3 rings (SSSR count). The molecule has 0 aliphatic heterocycles. The fourth-order valence-electron chi connectivity index (χ4n) is 2.33. The summed E-state index contributed by atoms with van der Waals surface area (Å²) >= 11 is 7.26. The van der Waals surface area contributed by atoms with Crippen molar-refractivity contribution in [2.24, 2.45) is 0 Å². The van der Waals surface area contributed by atoms with Crippen molar-refractivity contribution in [3.63, 3.8) is 0 Å². The van der Waals surface area contributed by atoms with Gasteiger partial charge in [-0.05, 0) is 41.3 Å². The third kappa shape index (κ3) is 3.86. The molecule has 0 aliphatic rings. The molecule has 0 spiro atoms. The number of hydrogen-bond acceptors (Lipinski definition) is 2. The number of halogens is 4. The number of amides is 1. The molecule has 128 valence electrons. The van der Waals surface area contributed by atoms with Crippen LogP contribution in [0.1, 0.15) is 26.8 Å². The minimum atomic E-state index is -1.16. The van der Waals surface area contributed by atoms with Crippen LogP contribution in [0.15, 0.2) is 53.9 Å². The van der Waals surface area contributed by atoms with Crippen LogP contribution in [0.4, 0.5) is 13.2 Å². The molecule has 25 heavy (non-hydrogen) atoms. The van der Waals surface area contributed by atoms with E-state index in [1.807, 2.05) is 17.5 Å². The number of benzene rings is 2. The van der Waals surface area contributed by atoms with Gasteiger partial charge in [-0.25, -0.2) is 13.2 Å². The van der Waals surface area contributed by atoms with Crippen molar-refractivity contribution in [2.45, 2.75) is 6.04 Å². The van der Waals surface area contributed by atoms with E-state index in [0.717, 1.165) is 17.0 Å². The Morgan fingerprint density at radius 3 is 2.36 bits per heavy atom. The van der Waals surface area contributed by atoms with Crippen LogP contribution in [0.25, 0.3) is 0 Å². The monoisotopic (exact) mass is 381 g/mol. The van der Waals surface area contributed by atoms with E-state index in [-0.39, 0.29) is 10.6 Å². The number of hydrogen-bond donors (Lipinski definition) is 1. The van der Waals surface area contributed by atoms with Crippen molar-refractivity contribution < 1.29 is 18.0 Å². The van der Waals surface area contributed by atoms with Gasteiger partial charge in [0.15, 0.2) is 11.6 Å². The highest BCUT2D eigenvalue weighted by Gasteiger charge is 2.21. The van der Waals surface area contributed by atoms with Crippen molar-refractivity contribution in [1.29, 1.82) is 0 Å². The zero-order valence-corrected chi connectivity index (χ0v) is 14.2. The summed E-state index contributed by atoms with van der Waals surface area (Å²) in [6.07, 6.45) is 0. The molecule has 0 saturated heterocycles. The van der Waals surface area contributed by atoms with Gasteiger partial charge in [0.05, 0.1) is 16.6 Å². The number of rotatable bonds is 4. The molecule has 0 bridgehead atoms. The number of nitrogens with one attached hydrogen (secondary N) is 1. The van der Waals surface area contributed by atoms with E-state index in [2.05, 4.69) is 5.32 Å². The van der Waals surface area contributed by atoms with Gasteiger partial charge < -0.3 is 5.32 Å². The molecule has 1 amide bonds. The van der Waals surface area contributed by atoms with Crippen LogP contribution < -0.4 is 5.32 Å². The molecule has 0 saturated carbocycles. The van der Waals surface area contributed by atoms with Gasteiger partial charge in [0.1, 0.15) is 5.82 Å². The quantitative estimate of drug-likeness (QED) is 0.607. The summed E-state index contributed by atoms with van der Waals surface area (Å²) in [5.74, 6) is -3.35. The van der Waals surface area contributed by atoms with Gasteiger partial charge in [0.25, 0.3) is 5.91 Å². The summed E-state index contributed by atoms with van der Waals surface area (Å²) in [6.45, 7) is 0. The van der Waals surface area contributed by atoms with Gasteiger partial charge in [-0.15, -0.1) is 11.3 Å². The van der Waals surface area contributed by atoms with Gasteiger partial charge in [0.2, 0.25) is 0 Å². The van der Waals surface area contributed by atoms with Crippen LogP contribution in [0.5, 0.6) is 0 Å². The van der Waals surface area contributed by atoms with E-state index in [9.17, 15) is 18.0 Å². The maximum Gasteiger partial charge on any atom is 0.253 e. The zero-order valence-electron chi connectivity index (χ0n) is 12.6. The van der Waals surface area contributed by atoms with E-state index >= 15 is 0 Å². The zero-order chi connectivity index (χ0) is 18.0. The SMILES string of the molecule is O=C(N[C@@H](c1ccc(F)cc1)c1cccs1)c1cc(F)c(F)cc1Cl. The van der Waals surface area contributed by atoms with Crippen molar-refractivity contribution in [1.82, 2.24) is 5.32 Å². The maximum absolute atomic E-state index is 13.4. The lowest BCUT2D eigenvalue weighted by Gasteiger charge is -2.18. The smallest absolute Gasteiger partial charge is 0.253 e. The van der Waals surface area contributed by atoms with Crippen molar-refractivity contribution >= 4 is 28.8 Å². The minimum Gasteiger partial charge on any atom is -0.340 e. The fraction of sp³-hybridized carbons (Fsp3) is 0.0556. The Hall–Kier alpha value is -2.31. The molecular weight excluding hydrogens is 371 g/mol. The fourth-order valence-corrected chi connectivity index (χ4v) is 3.37. The Morgan fingerprint density at radius 2 is 1.72 bits per heavy atom. The second-order valence-electron chi connectivity index (χ2n) is 5.22. The Bertz CT molecular complexity index is 897. The molecule has 3 aromatic rings. The highest BCUT2D eigenvalue weighted by Crippen LogP contribution is 2.28. The summed E-state index contributed by atoms with van der Waals surface area (Å²) < 4.78 is 39.8. The highest BCUT2D eigenvalue weighted by molar-refractivity contribution is 7.10. The third-order valence-electron chi connectivity index (χ3n) is 3.56. The second kappa shape index (κ2) is 7.29. The van der Waals surface area contributed by atoms with Gasteiger partial charge in [-0.3, -0.25) is 4.79 Å². The summed E-state index contributed by atoms with van der Waals surface area (Å²) in [6, 6.07) is 10.2. The van der Waals surface area contributed by atoms with Crippen molar-refractivity contribution in [3.8, 4) is 0 Å². The predicted octanol–water partition coefficient (Wildman–Crippen LogP) is 5.34. The summed E-state index contributed by atoms with van der Waals surface area (Å²) in [7, 11) is 0. The first kappa shape index (κ1) is 17.5. The highest BCUT2D eigenvalue weighted by atomic mass is 35.5. The molecule has 7 heteroatoms. The maximum atomic E-state index is 13.4. The lowest BCUT2D eigenvalue weighted by molar-refractivity contribution is 0.0943. The number of carbonyl (C=O) groups excluding carboxylic acids is 1. The van der Waals surface area contributed by atoms with Crippen molar-refractivity contribution in [3.05, 3.63) is 92.4 Å². The lowest BCUT2D eigenvalue weighted by atomic mass is 10.0. The van der Waals surface area contributed by atoms with Crippen LogP contribution in [0, 0.1) is 17.5 Å². The Labute approximate surface area is 150 Å². The van der Waals surface area contributed by atoms with E-state index in [1.54, 1.807) is 12.1 Å². The first-order valence-electron chi connectivity index (χ1n) is 7.20. The number of carbonyl (C=O) groups is 1. The van der Waals surface area contributed by atoms with Crippen LogP contribution >= 0.6 is 22.9 Å². The van der Waals surface area contributed by atoms with Crippen molar-refractivity contribution in [2.75, 3.05) is 0 Å². The molecular formula is C18H11ClF3NOS. The molecule has 2 aromatic carbocycles. The summed E-state index contributed by atoms with van der Waals surface area (Å²) in [4.78, 5) is 13.3. The molecule has 0 fully saturated rings. The van der Waals surface area contributed by atoms with Crippen LogP contribution in [-0.4, -0.2) is 5.91 Å². The van der Waals surface area contributed by atoms with E-state index < -0.39 is 29.4 Å². The van der Waals surface area contributed by atoms with Crippen LogP contribution in [0.3, 0.4) is 0 Å². The predicted molar refractivity (Wildman–Crippen MR) is 91.4 cm³/mol. The topological polar surface area (TPSA) is 29.1 Å². The van der Waals surface area contributed by atoms with Crippen LogP contribution in [-0.2, 0) is 0 Å². The first-order chi connectivity index (χ1) is 12.0. The molecule has 0 radical (unpaired) electrons. The molecule has 2 nitrogen and oxygen atoms in total. The molecule has 0 aliphatic carbocycles. The van der Waals surface area contributed by atoms with Gasteiger partial charge in [-0.1, -0.05) is 29.8 Å². The summed E-state index contributed by atoms with van der Waals surface area (Å²) in [5, 5.41) is 4.38. The molecule has 1 heterocycles.